The van der Waals surface area contributed by atoms with Gasteiger partial charge in [0.2, 0.25) is 10.0 Å². The van der Waals surface area contributed by atoms with Gasteiger partial charge in [0.15, 0.2) is 0 Å². The summed E-state index contributed by atoms with van der Waals surface area (Å²) in [6.45, 7) is 4.08. The first-order valence-electron chi connectivity index (χ1n) is 5.29. The summed E-state index contributed by atoms with van der Waals surface area (Å²) in [5, 5.41) is 3.25. The van der Waals surface area contributed by atoms with Gasteiger partial charge >= 0.3 is 0 Å². The lowest BCUT2D eigenvalue weighted by atomic mass is 10.3. The van der Waals surface area contributed by atoms with Crippen LogP contribution < -0.4 is 5.32 Å². The molecule has 1 atom stereocenters. The van der Waals surface area contributed by atoms with Crippen molar-refractivity contribution in [2.75, 3.05) is 25.4 Å². The van der Waals surface area contributed by atoms with E-state index in [1.165, 1.54) is 0 Å². The fourth-order valence-electron chi connectivity index (χ4n) is 1.84. The van der Waals surface area contributed by atoms with Crippen LogP contribution in [0.4, 0.5) is 0 Å². The highest BCUT2D eigenvalue weighted by molar-refractivity contribution is 7.89. The third-order valence-corrected chi connectivity index (χ3v) is 4.88. The molecule has 0 unspecified atom stereocenters. The van der Waals surface area contributed by atoms with Crippen molar-refractivity contribution in [1.82, 2.24) is 9.62 Å². The Hall–Kier alpha value is -0.130. The molecule has 1 N–H and O–H groups in total. The molecule has 2 rings (SSSR count). The molecule has 1 saturated carbocycles. The van der Waals surface area contributed by atoms with E-state index in [1.54, 1.807) is 4.31 Å². The van der Waals surface area contributed by atoms with Gasteiger partial charge < -0.3 is 5.32 Å². The third-order valence-electron chi connectivity index (χ3n) is 2.87. The van der Waals surface area contributed by atoms with E-state index in [0.717, 1.165) is 19.4 Å². The van der Waals surface area contributed by atoms with Crippen molar-refractivity contribution in [3.8, 4) is 0 Å². The number of nitrogens with one attached hydrogen (secondary N) is 1. The summed E-state index contributed by atoms with van der Waals surface area (Å²) in [6.07, 6.45) is 2.20. The monoisotopic (exact) mass is 218 g/mol. The van der Waals surface area contributed by atoms with Gasteiger partial charge in [0.1, 0.15) is 0 Å². The molecule has 82 valence electrons. The van der Waals surface area contributed by atoms with Gasteiger partial charge in [0, 0.05) is 25.7 Å². The zero-order valence-electron chi connectivity index (χ0n) is 8.57. The molecule has 1 aliphatic heterocycles. The predicted octanol–water partition coefficient (Wildman–Crippen LogP) is 0.0199. The maximum absolute atomic E-state index is 11.9. The van der Waals surface area contributed by atoms with Crippen LogP contribution >= 0.6 is 0 Å². The van der Waals surface area contributed by atoms with Gasteiger partial charge in [-0.25, -0.2) is 8.42 Å². The smallest absolute Gasteiger partial charge is 0.214 e. The van der Waals surface area contributed by atoms with Gasteiger partial charge in [-0.15, -0.1) is 0 Å². The molecule has 0 aromatic heterocycles. The molecule has 0 aromatic carbocycles. The van der Waals surface area contributed by atoms with Gasteiger partial charge in [0.05, 0.1) is 5.75 Å². The Morgan fingerprint density at radius 1 is 1.43 bits per heavy atom. The average molecular weight is 218 g/mol. The van der Waals surface area contributed by atoms with E-state index in [2.05, 4.69) is 5.32 Å². The summed E-state index contributed by atoms with van der Waals surface area (Å²) in [7, 11) is -2.96. The maximum Gasteiger partial charge on any atom is 0.214 e. The first kappa shape index (κ1) is 10.4. The molecule has 1 saturated heterocycles. The first-order chi connectivity index (χ1) is 6.58. The summed E-state index contributed by atoms with van der Waals surface area (Å²) >= 11 is 0. The summed E-state index contributed by atoms with van der Waals surface area (Å²) in [5.41, 5.74) is 0. The zero-order valence-corrected chi connectivity index (χ0v) is 9.39. The number of hydrogen-bond donors (Lipinski definition) is 1. The van der Waals surface area contributed by atoms with Crippen molar-refractivity contribution in [2.45, 2.75) is 25.8 Å². The predicted molar refractivity (Wildman–Crippen MR) is 55.5 cm³/mol. The number of piperazine rings is 1. The largest absolute Gasteiger partial charge is 0.312 e. The second-order valence-corrected chi connectivity index (χ2v) is 6.45. The lowest BCUT2D eigenvalue weighted by Crippen LogP contribution is -2.51. The van der Waals surface area contributed by atoms with Crippen LogP contribution in [0.1, 0.15) is 19.8 Å². The summed E-state index contributed by atoms with van der Waals surface area (Å²) in [5.74, 6) is 0.824. The van der Waals surface area contributed by atoms with Crippen LogP contribution in [0, 0.1) is 5.92 Å². The minimum Gasteiger partial charge on any atom is -0.312 e. The minimum atomic E-state index is -2.96. The standard InChI is InChI=1S/C9H18N2O2S/c1-8-6-11(5-4-10-8)14(12,13)7-9-2-3-9/h8-10H,2-7H2,1H3/t8-/m0/s1. The summed E-state index contributed by atoms with van der Waals surface area (Å²) in [4.78, 5) is 0. The Bertz CT molecular complexity index is 298. The van der Waals surface area contributed by atoms with E-state index >= 15 is 0 Å². The van der Waals surface area contributed by atoms with Gasteiger partial charge in [-0.3, -0.25) is 0 Å². The van der Waals surface area contributed by atoms with Crippen LogP contribution in [0.25, 0.3) is 0 Å². The Balaban J connectivity index is 1.97. The topological polar surface area (TPSA) is 49.4 Å². The molecule has 14 heavy (non-hydrogen) atoms. The number of nitrogens with zero attached hydrogens (tertiary/aromatic N) is 1. The number of hydrogen-bond acceptors (Lipinski definition) is 3. The molecule has 2 aliphatic rings. The van der Waals surface area contributed by atoms with Crippen LogP contribution in [-0.4, -0.2) is 44.2 Å². The molecule has 0 spiro atoms. The van der Waals surface area contributed by atoms with Gasteiger partial charge in [0.25, 0.3) is 0 Å². The van der Waals surface area contributed by atoms with Crippen LogP contribution in [-0.2, 0) is 10.0 Å². The Kier molecular flexibility index (Phi) is 2.81. The van der Waals surface area contributed by atoms with Gasteiger partial charge in [-0.1, -0.05) is 0 Å². The van der Waals surface area contributed by atoms with Crippen molar-refractivity contribution in [3.05, 3.63) is 0 Å². The molecule has 0 amide bonds. The molecule has 0 radical (unpaired) electrons. The highest BCUT2D eigenvalue weighted by Gasteiger charge is 2.33. The molecular weight excluding hydrogens is 200 g/mol. The second kappa shape index (κ2) is 3.79. The van der Waals surface area contributed by atoms with E-state index in [1.807, 2.05) is 6.92 Å². The van der Waals surface area contributed by atoms with Crippen LogP contribution in [0.3, 0.4) is 0 Å². The molecule has 4 nitrogen and oxygen atoms in total. The van der Waals surface area contributed by atoms with Crippen molar-refractivity contribution >= 4 is 10.0 Å². The number of rotatable bonds is 3. The fraction of sp³-hybridized carbons (Fsp3) is 1.00. The zero-order chi connectivity index (χ0) is 10.2. The fourth-order valence-corrected chi connectivity index (χ4v) is 3.80. The highest BCUT2D eigenvalue weighted by atomic mass is 32.2. The lowest BCUT2D eigenvalue weighted by Gasteiger charge is -2.31. The lowest BCUT2D eigenvalue weighted by molar-refractivity contribution is 0.309. The summed E-state index contributed by atoms with van der Waals surface area (Å²) < 4.78 is 25.4. The maximum atomic E-state index is 11.9. The van der Waals surface area contributed by atoms with E-state index in [9.17, 15) is 8.42 Å². The second-order valence-electron chi connectivity index (χ2n) is 4.44. The molecule has 0 aromatic rings. The van der Waals surface area contributed by atoms with E-state index in [0.29, 0.717) is 24.8 Å². The Labute approximate surface area is 85.7 Å². The summed E-state index contributed by atoms with van der Waals surface area (Å²) in [6, 6.07) is 0.290. The van der Waals surface area contributed by atoms with E-state index in [-0.39, 0.29) is 6.04 Å². The molecule has 5 heteroatoms. The van der Waals surface area contributed by atoms with Crippen molar-refractivity contribution in [3.63, 3.8) is 0 Å². The highest BCUT2D eigenvalue weighted by Crippen LogP contribution is 2.31. The number of sulfonamides is 1. The van der Waals surface area contributed by atoms with Crippen LogP contribution in [0.5, 0.6) is 0 Å². The molecule has 2 fully saturated rings. The van der Waals surface area contributed by atoms with Crippen LogP contribution in [0.2, 0.25) is 0 Å². The average Bonchev–Trinajstić information content (AvgIpc) is 2.87. The molecule has 1 heterocycles. The molecule has 0 bridgehead atoms. The minimum absolute atomic E-state index is 0.290. The third kappa shape index (κ3) is 2.46. The first-order valence-corrected chi connectivity index (χ1v) is 6.90. The Morgan fingerprint density at radius 2 is 2.14 bits per heavy atom. The van der Waals surface area contributed by atoms with Gasteiger partial charge in [-0.05, 0) is 25.7 Å². The van der Waals surface area contributed by atoms with Gasteiger partial charge in [-0.2, -0.15) is 4.31 Å². The molecule has 1 aliphatic carbocycles. The Morgan fingerprint density at radius 3 is 2.71 bits per heavy atom. The SMILES string of the molecule is C[C@H]1CN(S(=O)(=O)CC2CC2)CCN1. The van der Waals surface area contributed by atoms with E-state index in [4.69, 9.17) is 0 Å². The van der Waals surface area contributed by atoms with Crippen molar-refractivity contribution in [1.29, 1.82) is 0 Å². The van der Waals surface area contributed by atoms with Crippen LogP contribution in [0.15, 0.2) is 0 Å². The van der Waals surface area contributed by atoms with Crippen molar-refractivity contribution < 1.29 is 8.42 Å². The van der Waals surface area contributed by atoms with E-state index < -0.39 is 10.0 Å². The normalized spacial score (nSPS) is 30.5. The quantitative estimate of drug-likeness (QED) is 0.726. The van der Waals surface area contributed by atoms with Crippen molar-refractivity contribution in [2.24, 2.45) is 5.92 Å². The molecular formula is C9H18N2O2S.